The van der Waals surface area contributed by atoms with Crippen LogP contribution in [0.2, 0.25) is 0 Å². The molecule has 3 rings (SSSR count). The Kier molecular flexibility index (Phi) is 17.6. The average Bonchev–Trinajstić information content (AvgIpc) is 2.94. The van der Waals surface area contributed by atoms with Crippen LogP contribution in [0.1, 0.15) is 85.6 Å². The van der Waals surface area contributed by atoms with Crippen molar-refractivity contribution < 1.29 is 4.39 Å². The number of aliphatic imine (C=N–C) groups is 1. The molecule has 1 saturated heterocycles. The van der Waals surface area contributed by atoms with Gasteiger partial charge < -0.3 is 15.1 Å². The lowest BCUT2D eigenvalue weighted by atomic mass is 9.85. The number of halogens is 1. The Morgan fingerprint density at radius 2 is 1.83 bits per heavy atom. The Morgan fingerprint density at radius 1 is 1.15 bits per heavy atom. The molecule has 0 atom stereocenters. The van der Waals surface area contributed by atoms with E-state index in [4.69, 9.17) is 0 Å². The van der Waals surface area contributed by atoms with E-state index in [-0.39, 0.29) is 5.82 Å². The van der Waals surface area contributed by atoms with Gasteiger partial charge in [0.05, 0.1) is 0 Å². The second-order valence-electron chi connectivity index (χ2n) is 11.0. The minimum atomic E-state index is -0.178. The summed E-state index contributed by atoms with van der Waals surface area (Å²) in [6.45, 7) is 31.7. The molecule has 1 aromatic carbocycles. The summed E-state index contributed by atoms with van der Waals surface area (Å²) in [5, 5.41) is 3.01. The first-order valence-corrected chi connectivity index (χ1v) is 15.5. The van der Waals surface area contributed by atoms with Crippen LogP contribution < -0.4 is 5.32 Å². The Hall–Kier alpha value is -2.92. The Balaban J connectivity index is 0.000000500. The first-order valence-electron chi connectivity index (χ1n) is 15.5. The number of piperidine rings is 1. The number of rotatable bonds is 12. The van der Waals surface area contributed by atoms with Crippen molar-refractivity contribution >= 4 is 11.4 Å². The third kappa shape index (κ3) is 14.0. The molecule has 1 N–H and O–H groups in total. The molecule has 1 fully saturated rings. The van der Waals surface area contributed by atoms with E-state index in [1.165, 1.54) is 74.6 Å². The van der Waals surface area contributed by atoms with Crippen LogP contribution in [-0.2, 0) is 0 Å². The van der Waals surface area contributed by atoms with Crippen LogP contribution in [0.4, 0.5) is 10.1 Å². The predicted molar refractivity (Wildman–Crippen MR) is 180 cm³/mol. The van der Waals surface area contributed by atoms with E-state index in [2.05, 4.69) is 72.8 Å². The first-order chi connectivity index (χ1) is 19.6. The van der Waals surface area contributed by atoms with Crippen LogP contribution in [0.25, 0.3) is 0 Å². The second-order valence-corrected chi connectivity index (χ2v) is 11.0. The molecular weight excluding hydrogens is 507 g/mol. The molecule has 4 nitrogen and oxygen atoms in total. The summed E-state index contributed by atoms with van der Waals surface area (Å²) in [4.78, 5) is 9.42. The van der Waals surface area contributed by atoms with E-state index < -0.39 is 0 Å². The highest BCUT2D eigenvalue weighted by Gasteiger charge is 2.21. The van der Waals surface area contributed by atoms with Gasteiger partial charge in [-0.15, -0.1) is 0 Å². The van der Waals surface area contributed by atoms with Gasteiger partial charge in [0, 0.05) is 48.5 Å². The zero-order valence-electron chi connectivity index (χ0n) is 27.2. The fourth-order valence-corrected chi connectivity index (χ4v) is 5.18. The van der Waals surface area contributed by atoms with Crippen molar-refractivity contribution in [2.24, 2.45) is 10.9 Å². The highest BCUT2D eigenvalue weighted by molar-refractivity contribution is 5.98. The lowest BCUT2D eigenvalue weighted by Crippen LogP contribution is -2.36. The standard InChI is InChI=1S/C24H39N3.C10H12FN.C2H6/c1-6-13-27(20(3)4)15-8-14-26-16-11-22(12-17-26)19-23-9-10-24(25-7-2)18-21(23)5;1-7(2)12-9-4-5-10(11)8(3)6-9;1-2/h7,9,18,22H,2-3,6,8,10-17,19H2,1,4-5H3;4-6,12H,1H2,2-3H3;1-2H3. The van der Waals surface area contributed by atoms with Gasteiger partial charge in [-0.25, -0.2) is 4.39 Å². The number of hydrogen-bond donors (Lipinski definition) is 1. The van der Waals surface area contributed by atoms with Crippen LogP contribution in [0, 0.1) is 18.7 Å². The van der Waals surface area contributed by atoms with E-state index in [1.807, 2.05) is 20.8 Å². The molecule has 1 aliphatic heterocycles. The molecule has 0 saturated carbocycles. The van der Waals surface area contributed by atoms with E-state index >= 15 is 0 Å². The van der Waals surface area contributed by atoms with Crippen molar-refractivity contribution in [3.8, 4) is 0 Å². The normalized spacial score (nSPS) is 16.3. The third-order valence-corrected chi connectivity index (χ3v) is 7.37. The highest BCUT2D eigenvalue weighted by atomic mass is 19.1. The maximum absolute atomic E-state index is 12.8. The summed E-state index contributed by atoms with van der Waals surface area (Å²) in [6, 6.07) is 4.89. The second kappa shape index (κ2) is 20.0. The van der Waals surface area contributed by atoms with Crippen molar-refractivity contribution in [1.82, 2.24) is 9.80 Å². The fraction of sp³-hybridized carbons (Fsp3) is 0.528. The molecule has 0 bridgehead atoms. The van der Waals surface area contributed by atoms with Crippen LogP contribution in [0.3, 0.4) is 0 Å². The van der Waals surface area contributed by atoms with Crippen molar-refractivity contribution in [3.63, 3.8) is 0 Å². The van der Waals surface area contributed by atoms with Crippen LogP contribution in [-0.4, -0.2) is 48.2 Å². The van der Waals surface area contributed by atoms with Gasteiger partial charge in [-0.2, -0.15) is 0 Å². The highest BCUT2D eigenvalue weighted by Crippen LogP contribution is 2.29. The van der Waals surface area contributed by atoms with Crippen molar-refractivity contribution in [2.45, 2.75) is 87.0 Å². The number of anilines is 1. The lowest BCUT2D eigenvalue weighted by molar-refractivity contribution is 0.175. The smallest absolute Gasteiger partial charge is 0.126 e. The van der Waals surface area contributed by atoms with E-state index in [0.717, 1.165) is 42.5 Å². The van der Waals surface area contributed by atoms with Gasteiger partial charge in [0.2, 0.25) is 0 Å². The van der Waals surface area contributed by atoms with E-state index in [9.17, 15) is 4.39 Å². The molecule has 1 heterocycles. The molecule has 0 amide bonds. The molecule has 41 heavy (non-hydrogen) atoms. The maximum atomic E-state index is 12.8. The van der Waals surface area contributed by atoms with E-state index in [0.29, 0.717) is 5.56 Å². The largest absolute Gasteiger partial charge is 0.375 e. The summed E-state index contributed by atoms with van der Waals surface area (Å²) in [6.07, 6.45) is 13.5. The van der Waals surface area contributed by atoms with Crippen LogP contribution in [0.5, 0.6) is 0 Å². The summed E-state index contributed by atoms with van der Waals surface area (Å²) in [5.74, 6) is 0.656. The molecule has 228 valence electrons. The molecule has 0 radical (unpaired) electrons. The summed E-state index contributed by atoms with van der Waals surface area (Å²) in [5.41, 5.74) is 7.63. The summed E-state index contributed by atoms with van der Waals surface area (Å²) in [7, 11) is 0. The summed E-state index contributed by atoms with van der Waals surface area (Å²) < 4.78 is 12.8. The van der Waals surface area contributed by atoms with Crippen molar-refractivity contribution in [2.75, 3.05) is 38.0 Å². The predicted octanol–water partition coefficient (Wildman–Crippen LogP) is 9.69. The van der Waals surface area contributed by atoms with Crippen molar-refractivity contribution in [3.05, 3.63) is 90.2 Å². The molecule has 5 heteroatoms. The average molecular weight is 565 g/mol. The van der Waals surface area contributed by atoms with Gasteiger partial charge >= 0.3 is 0 Å². The quantitative estimate of drug-likeness (QED) is 0.274. The monoisotopic (exact) mass is 564 g/mol. The molecule has 0 aromatic heterocycles. The maximum Gasteiger partial charge on any atom is 0.126 e. The Labute approximate surface area is 251 Å². The Morgan fingerprint density at radius 3 is 2.37 bits per heavy atom. The van der Waals surface area contributed by atoms with Crippen LogP contribution >= 0.6 is 0 Å². The molecule has 0 unspecified atom stereocenters. The van der Waals surface area contributed by atoms with Gasteiger partial charge in [-0.3, -0.25) is 4.99 Å². The van der Waals surface area contributed by atoms with Gasteiger partial charge in [0.15, 0.2) is 0 Å². The minimum absolute atomic E-state index is 0.178. The lowest BCUT2D eigenvalue weighted by Gasteiger charge is -2.33. The van der Waals surface area contributed by atoms with Crippen molar-refractivity contribution in [1.29, 1.82) is 0 Å². The molecule has 2 aliphatic rings. The SMILES string of the molecule is C=C(C)Nc1ccc(F)c(C)c1.C=CN=C1C=C(C)C(CC2CCN(CCCN(CCC)C(=C)C)CC2)=CC1.CC. The fourth-order valence-electron chi connectivity index (χ4n) is 5.18. The van der Waals surface area contributed by atoms with Gasteiger partial charge in [0.25, 0.3) is 0 Å². The topological polar surface area (TPSA) is 30.9 Å². The zero-order valence-corrected chi connectivity index (χ0v) is 27.2. The number of nitrogens with one attached hydrogen (secondary N) is 1. The minimum Gasteiger partial charge on any atom is -0.375 e. The number of hydrogen-bond acceptors (Lipinski definition) is 4. The molecule has 1 aliphatic carbocycles. The molecule has 0 spiro atoms. The van der Waals surface area contributed by atoms with E-state index in [1.54, 1.807) is 25.3 Å². The van der Waals surface area contributed by atoms with Gasteiger partial charge in [-0.1, -0.05) is 46.6 Å². The first kappa shape index (κ1) is 36.1. The van der Waals surface area contributed by atoms with Crippen LogP contribution in [0.15, 0.2) is 83.8 Å². The molecular formula is C36H57FN4. The zero-order chi connectivity index (χ0) is 30.8. The summed E-state index contributed by atoms with van der Waals surface area (Å²) >= 11 is 0. The number of benzene rings is 1. The number of aryl methyl sites for hydroxylation is 1. The number of nitrogens with zero attached hydrogens (tertiary/aromatic N) is 3. The molecule has 1 aromatic rings. The van der Waals surface area contributed by atoms with Gasteiger partial charge in [0.1, 0.15) is 5.82 Å². The number of allylic oxidation sites excluding steroid dienone is 6. The van der Waals surface area contributed by atoms with Gasteiger partial charge in [-0.05, 0) is 126 Å². The third-order valence-electron chi connectivity index (χ3n) is 7.37. The number of likely N-dealkylation sites (tertiary alicyclic amines) is 1. The Bertz CT molecular complexity index is 1060.